The van der Waals surface area contributed by atoms with E-state index in [1.165, 1.54) is 11.1 Å². The van der Waals surface area contributed by atoms with Crippen LogP contribution in [0.2, 0.25) is 0 Å². The topological polar surface area (TPSA) is 46.8 Å². The van der Waals surface area contributed by atoms with Crippen LogP contribution in [0.3, 0.4) is 0 Å². The van der Waals surface area contributed by atoms with Gasteiger partial charge in [0.2, 0.25) is 0 Å². The Labute approximate surface area is 156 Å². The van der Waals surface area contributed by atoms with E-state index in [2.05, 4.69) is 43.1 Å². The highest BCUT2D eigenvalue weighted by Gasteiger charge is 2.12. The number of pyridine rings is 1. The number of hydrogen-bond acceptors (Lipinski definition) is 5. The summed E-state index contributed by atoms with van der Waals surface area (Å²) in [6.45, 7) is 2.43. The lowest BCUT2D eigenvalue weighted by Crippen LogP contribution is -2.22. The van der Waals surface area contributed by atoms with Gasteiger partial charge in [-0.2, -0.15) is 11.3 Å². The van der Waals surface area contributed by atoms with Crippen molar-refractivity contribution in [2.24, 2.45) is 0 Å². The number of benzene rings is 1. The Kier molecular flexibility index (Phi) is 5.14. The first-order valence-electron chi connectivity index (χ1n) is 8.46. The normalized spacial score (nSPS) is 11.1. The molecule has 130 valence electrons. The summed E-state index contributed by atoms with van der Waals surface area (Å²) in [6, 6.07) is 16.3. The Morgan fingerprint density at radius 2 is 1.81 bits per heavy atom. The maximum absolute atomic E-state index is 4.36. The van der Waals surface area contributed by atoms with E-state index >= 15 is 0 Å². The third-order valence-electron chi connectivity index (χ3n) is 4.06. The van der Waals surface area contributed by atoms with Gasteiger partial charge >= 0.3 is 0 Å². The molecular weight excluding hydrogens is 342 g/mol. The third kappa shape index (κ3) is 4.22. The number of rotatable bonds is 7. The van der Waals surface area contributed by atoms with E-state index in [4.69, 9.17) is 0 Å². The molecule has 3 heterocycles. The molecular formula is C20H19N5S. The van der Waals surface area contributed by atoms with Gasteiger partial charge in [-0.15, -0.1) is 5.10 Å². The van der Waals surface area contributed by atoms with Crippen molar-refractivity contribution in [3.63, 3.8) is 0 Å². The summed E-state index contributed by atoms with van der Waals surface area (Å²) < 4.78 is 1.82. The van der Waals surface area contributed by atoms with E-state index in [9.17, 15) is 0 Å². The minimum absolute atomic E-state index is 0.734. The van der Waals surface area contributed by atoms with Crippen molar-refractivity contribution in [1.29, 1.82) is 0 Å². The molecule has 3 aromatic heterocycles. The van der Waals surface area contributed by atoms with Gasteiger partial charge in [0, 0.05) is 32.0 Å². The molecule has 0 saturated heterocycles. The molecule has 4 rings (SSSR count). The van der Waals surface area contributed by atoms with Crippen molar-refractivity contribution < 1.29 is 0 Å². The predicted molar refractivity (Wildman–Crippen MR) is 103 cm³/mol. The number of para-hydroxylation sites is 1. The molecule has 0 amide bonds. The maximum atomic E-state index is 4.36. The smallest absolute Gasteiger partial charge is 0.0972 e. The average Bonchev–Trinajstić information content (AvgIpc) is 3.35. The van der Waals surface area contributed by atoms with Crippen LogP contribution in [0.15, 0.2) is 77.9 Å². The van der Waals surface area contributed by atoms with Crippen LogP contribution < -0.4 is 0 Å². The summed E-state index contributed by atoms with van der Waals surface area (Å²) >= 11 is 1.72. The van der Waals surface area contributed by atoms with Crippen LogP contribution in [-0.4, -0.2) is 24.9 Å². The van der Waals surface area contributed by atoms with Crippen molar-refractivity contribution in [2.45, 2.75) is 19.6 Å². The minimum atomic E-state index is 0.734. The molecule has 0 N–H and O–H groups in total. The molecule has 5 nitrogen and oxygen atoms in total. The predicted octanol–water partition coefficient (Wildman–Crippen LogP) is 3.93. The van der Waals surface area contributed by atoms with Crippen molar-refractivity contribution in [2.75, 3.05) is 0 Å². The van der Waals surface area contributed by atoms with Crippen molar-refractivity contribution in [3.05, 3.63) is 94.7 Å². The molecule has 0 fully saturated rings. The molecule has 0 atom stereocenters. The van der Waals surface area contributed by atoms with Crippen LogP contribution in [0.1, 0.15) is 16.8 Å². The quantitative estimate of drug-likeness (QED) is 0.500. The largest absolute Gasteiger partial charge is 0.289 e. The SMILES string of the molecule is c1ccc(-n2cc(CN(Cc3cccnc3)Cc3ccsc3)nn2)cc1. The number of nitrogens with zero attached hydrogens (tertiary/aromatic N) is 5. The molecule has 6 heteroatoms. The molecule has 0 aliphatic heterocycles. The first-order valence-corrected chi connectivity index (χ1v) is 9.40. The van der Waals surface area contributed by atoms with Crippen LogP contribution >= 0.6 is 11.3 Å². The molecule has 0 aliphatic carbocycles. The Bertz CT molecular complexity index is 919. The molecule has 0 saturated carbocycles. The van der Waals surface area contributed by atoms with Crippen LogP contribution in [0, 0.1) is 0 Å². The number of thiophene rings is 1. The monoisotopic (exact) mass is 361 g/mol. The molecule has 26 heavy (non-hydrogen) atoms. The van der Waals surface area contributed by atoms with E-state index in [-0.39, 0.29) is 0 Å². The van der Waals surface area contributed by atoms with Gasteiger partial charge in [-0.05, 0) is 46.2 Å². The Balaban J connectivity index is 1.51. The average molecular weight is 361 g/mol. The first kappa shape index (κ1) is 16.6. The van der Waals surface area contributed by atoms with Gasteiger partial charge in [-0.1, -0.05) is 29.5 Å². The zero-order valence-corrected chi connectivity index (χ0v) is 15.1. The fraction of sp³-hybridized carbons (Fsp3) is 0.150. The highest BCUT2D eigenvalue weighted by molar-refractivity contribution is 7.07. The van der Waals surface area contributed by atoms with Crippen LogP contribution in [-0.2, 0) is 19.6 Å². The molecule has 0 spiro atoms. The summed E-state index contributed by atoms with van der Waals surface area (Å²) in [4.78, 5) is 6.59. The highest BCUT2D eigenvalue weighted by atomic mass is 32.1. The Hall–Kier alpha value is -2.83. The lowest BCUT2D eigenvalue weighted by Gasteiger charge is -2.20. The summed E-state index contributed by atoms with van der Waals surface area (Å²) in [7, 11) is 0. The lowest BCUT2D eigenvalue weighted by molar-refractivity contribution is 0.244. The minimum Gasteiger partial charge on any atom is -0.289 e. The van der Waals surface area contributed by atoms with Gasteiger partial charge in [0.05, 0.1) is 17.6 Å². The second kappa shape index (κ2) is 8.03. The third-order valence-corrected chi connectivity index (χ3v) is 4.79. The molecule has 1 aromatic carbocycles. The number of aromatic nitrogens is 4. The fourth-order valence-electron chi connectivity index (χ4n) is 2.87. The van der Waals surface area contributed by atoms with Crippen LogP contribution in [0.25, 0.3) is 5.69 Å². The fourth-order valence-corrected chi connectivity index (χ4v) is 3.53. The van der Waals surface area contributed by atoms with Crippen LogP contribution in [0.5, 0.6) is 0 Å². The molecule has 4 aromatic rings. The Morgan fingerprint density at radius 3 is 2.58 bits per heavy atom. The zero-order chi connectivity index (χ0) is 17.6. The summed E-state index contributed by atoms with van der Waals surface area (Å²) in [5, 5.41) is 12.9. The summed E-state index contributed by atoms with van der Waals surface area (Å²) in [5.74, 6) is 0. The summed E-state index contributed by atoms with van der Waals surface area (Å²) in [6.07, 6.45) is 5.72. The molecule has 0 bridgehead atoms. The van der Waals surface area contributed by atoms with Gasteiger partial charge in [0.1, 0.15) is 0 Å². The lowest BCUT2D eigenvalue weighted by atomic mass is 10.2. The van der Waals surface area contributed by atoms with Gasteiger partial charge in [0.25, 0.3) is 0 Å². The number of hydrogen-bond donors (Lipinski definition) is 0. The standard InChI is InChI=1S/C20H19N5S/c1-2-6-20(7-3-1)25-15-19(22-23-25)14-24(13-18-8-10-26-16-18)12-17-5-4-9-21-11-17/h1-11,15-16H,12-14H2. The second-order valence-electron chi connectivity index (χ2n) is 6.13. The van der Waals surface area contributed by atoms with E-state index < -0.39 is 0 Å². The van der Waals surface area contributed by atoms with Gasteiger partial charge < -0.3 is 0 Å². The van der Waals surface area contributed by atoms with Crippen molar-refractivity contribution in [3.8, 4) is 5.69 Å². The van der Waals surface area contributed by atoms with Gasteiger partial charge in [0.15, 0.2) is 0 Å². The van der Waals surface area contributed by atoms with E-state index in [0.717, 1.165) is 31.0 Å². The van der Waals surface area contributed by atoms with Crippen molar-refractivity contribution >= 4 is 11.3 Å². The van der Waals surface area contributed by atoms with Crippen LogP contribution in [0.4, 0.5) is 0 Å². The van der Waals surface area contributed by atoms with Gasteiger partial charge in [-0.3, -0.25) is 9.88 Å². The van der Waals surface area contributed by atoms with Gasteiger partial charge in [-0.25, -0.2) is 4.68 Å². The maximum Gasteiger partial charge on any atom is 0.0972 e. The van der Waals surface area contributed by atoms with E-state index in [0.29, 0.717) is 0 Å². The van der Waals surface area contributed by atoms with E-state index in [1.54, 1.807) is 17.5 Å². The molecule has 0 unspecified atom stereocenters. The zero-order valence-electron chi connectivity index (χ0n) is 14.3. The molecule has 0 radical (unpaired) electrons. The highest BCUT2D eigenvalue weighted by Crippen LogP contribution is 2.15. The molecule has 0 aliphatic rings. The van der Waals surface area contributed by atoms with E-state index in [1.807, 2.05) is 53.5 Å². The first-order chi connectivity index (χ1) is 12.9. The summed E-state index contributed by atoms with van der Waals surface area (Å²) in [5.41, 5.74) is 4.48. The Morgan fingerprint density at radius 1 is 0.923 bits per heavy atom. The van der Waals surface area contributed by atoms with Crippen molar-refractivity contribution in [1.82, 2.24) is 24.9 Å². The second-order valence-corrected chi connectivity index (χ2v) is 6.91.